The van der Waals surface area contributed by atoms with Crippen molar-refractivity contribution in [3.8, 4) is 11.5 Å². The van der Waals surface area contributed by atoms with Gasteiger partial charge < -0.3 is 14.8 Å². The summed E-state index contributed by atoms with van der Waals surface area (Å²) in [6.07, 6.45) is 2.99. The number of oxazole rings is 1. The molecule has 7 heteroatoms. The first kappa shape index (κ1) is 16.4. The lowest BCUT2D eigenvalue weighted by atomic mass is 9.97. The highest BCUT2D eigenvalue weighted by atomic mass is 19.1. The Bertz CT molecular complexity index is 952. The van der Waals surface area contributed by atoms with E-state index in [1.54, 1.807) is 25.2 Å². The second kappa shape index (κ2) is 6.56. The van der Waals surface area contributed by atoms with Crippen LogP contribution < -0.4 is 5.32 Å². The number of aromatic carboxylic acids is 1. The number of carboxylic acids is 1. The number of carboxylic acid groups (broad SMARTS) is 1. The van der Waals surface area contributed by atoms with Gasteiger partial charge in [0.1, 0.15) is 12.1 Å². The fourth-order valence-corrected chi connectivity index (χ4v) is 2.46. The molecule has 6 nitrogen and oxygen atoms in total. The Kier molecular flexibility index (Phi) is 4.30. The van der Waals surface area contributed by atoms with E-state index in [1.807, 2.05) is 0 Å². The van der Waals surface area contributed by atoms with Gasteiger partial charge in [0.05, 0.1) is 17.5 Å². The molecular formula is C18H14FN3O3. The summed E-state index contributed by atoms with van der Waals surface area (Å²) in [4.78, 5) is 15.0. The van der Waals surface area contributed by atoms with Gasteiger partial charge in [0.15, 0.2) is 0 Å². The van der Waals surface area contributed by atoms with Crippen molar-refractivity contribution in [1.29, 1.82) is 5.41 Å². The normalized spacial score (nSPS) is 10.5. The van der Waals surface area contributed by atoms with Crippen molar-refractivity contribution in [3.63, 3.8) is 0 Å². The van der Waals surface area contributed by atoms with Crippen LogP contribution >= 0.6 is 0 Å². The van der Waals surface area contributed by atoms with Crippen molar-refractivity contribution in [2.24, 2.45) is 0 Å². The van der Waals surface area contributed by atoms with Gasteiger partial charge in [0, 0.05) is 29.4 Å². The average Bonchev–Trinajstić information content (AvgIpc) is 3.15. The van der Waals surface area contributed by atoms with Crippen molar-refractivity contribution < 1.29 is 18.7 Å². The molecule has 1 aromatic heterocycles. The Morgan fingerprint density at radius 3 is 2.60 bits per heavy atom. The Morgan fingerprint density at radius 2 is 2.00 bits per heavy atom. The summed E-state index contributed by atoms with van der Waals surface area (Å²) in [5.41, 5.74) is 1.58. The lowest BCUT2D eigenvalue weighted by molar-refractivity contribution is 0.0696. The maximum Gasteiger partial charge on any atom is 0.335 e. The summed E-state index contributed by atoms with van der Waals surface area (Å²) in [6, 6.07) is 8.61. The van der Waals surface area contributed by atoms with Crippen LogP contribution in [0, 0.1) is 11.2 Å². The second-order valence-electron chi connectivity index (χ2n) is 5.22. The zero-order valence-electron chi connectivity index (χ0n) is 13.2. The molecule has 0 bridgehead atoms. The van der Waals surface area contributed by atoms with Gasteiger partial charge in [-0.15, -0.1) is 0 Å². The van der Waals surface area contributed by atoms with Crippen LogP contribution in [0.4, 0.5) is 10.1 Å². The lowest BCUT2D eigenvalue weighted by Crippen LogP contribution is -2.09. The molecule has 0 saturated heterocycles. The third-order valence-electron chi connectivity index (χ3n) is 3.72. The molecule has 0 aliphatic heterocycles. The fourth-order valence-electron chi connectivity index (χ4n) is 2.46. The molecule has 1 heterocycles. The Labute approximate surface area is 142 Å². The SMILES string of the molecule is CNc1cc(-c2ncco2)ccc1C(=N)c1ccc(C(=O)O)cc1F. The number of anilines is 1. The lowest BCUT2D eigenvalue weighted by Gasteiger charge is -2.13. The highest BCUT2D eigenvalue weighted by Crippen LogP contribution is 2.27. The van der Waals surface area contributed by atoms with Crippen LogP contribution in [0.5, 0.6) is 0 Å². The van der Waals surface area contributed by atoms with Crippen LogP contribution in [-0.2, 0) is 0 Å². The summed E-state index contributed by atoms with van der Waals surface area (Å²) in [5, 5.41) is 20.2. The van der Waals surface area contributed by atoms with Crippen LogP contribution in [0.2, 0.25) is 0 Å². The molecule has 3 N–H and O–H groups in total. The van der Waals surface area contributed by atoms with E-state index in [2.05, 4.69) is 10.3 Å². The van der Waals surface area contributed by atoms with Gasteiger partial charge >= 0.3 is 5.97 Å². The number of halogens is 1. The number of carbonyl (C=O) groups is 1. The maximum absolute atomic E-state index is 14.2. The van der Waals surface area contributed by atoms with Gasteiger partial charge in [-0.2, -0.15) is 0 Å². The molecule has 3 rings (SSSR count). The van der Waals surface area contributed by atoms with Gasteiger partial charge in [-0.25, -0.2) is 14.2 Å². The van der Waals surface area contributed by atoms with Crippen molar-refractivity contribution in [2.45, 2.75) is 0 Å². The number of hydrogen-bond donors (Lipinski definition) is 3. The monoisotopic (exact) mass is 339 g/mol. The molecule has 0 radical (unpaired) electrons. The average molecular weight is 339 g/mol. The zero-order valence-corrected chi connectivity index (χ0v) is 13.2. The van der Waals surface area contributed by atoms with Gasteiger partial charge in [-0.1, -0.05) is 0 Å². The molecule has 0 unspecified atom stereocenters. The molecule has 3 aromatic rings. The first-order chi connectivity index (χ1) is 12.0. The van der Waals surface area contributed by atoms with Crippen LogP contribution in [-0.4, -0.2) is 28.8 Å². The predicted octanol–water partition coefficient (Wildman–Crippen LogP) is 3.64. The van der Waals surface area contributed by atoms with Gasteiger partial charge in [-0.05, 0) is 36.4 Å². The summed E-state index contributed by atoms with van der Waals surface area (Å²) in [5.74, 6) is -1.54. The zero-order chi connectivity index (χ0) is 18.0. The van der Waals surface area contributed by atoms with E-state index in [1.165, 1.54) is 24.6 Å². The minimum absolute atomic E-state index is 0.0189. The Balaban J connectivity index is 2.01. The first-order valence-corrected chi connectivity index (χ1v) is 7.35. The molecule has 25 heavy (non-hydrogen) atoms. The number of nitrogens with one attached hydrogen (secondary N) is 2. The molecule has 126 valence electrons. The molecule has 0 saturated carbocycles. The van der Waals surface area contributed by atoms with E-state index < -0.39 is 11.8 Å². The molecular weight excluding hydrogens is 325 g/mol. The molecule has 0 fully saturated rings. The van der Waals surface area contributed by atoms with Crippen LogP contribution in [0.3, 0.4) is 0 Å². The van der Waals surface area contributed by atoms with Crippen molar-refractivity contribution in [2.75, 3.05) is 12.4 Å². The van der Waals surface area contributed by atoms with Gasteiger partial charge in [-0.3, -0.25) is 5.41 Å². The van der Waals surface area contributed by atoms with Gasteiger partial charge in [0.25, 0.3) is 0 Å². The Morgan fingerprint density at radius 1 is 1.24 bits per heavy atom. The molecule has 0 spiro atoms. The van der Waals surface area contributed by atoms with E-state index in [9.17, 15) is 9.18 Å². The predicted molar refractivity (Wildman–Crippen MR) is 90.8 cm³/mol. The van der Waals surface area contributed by atoms with E-state index in [4.69, 9.17) is 14.9 Å². The van der Waals surface area contributed by atoms with Gasteiger partial charge in [0.2, 0.25) is 5.89 Å². The van der Waals surface area contributed by atoms with Crippen LogP contribution in [0.1, 0.15) is 21.5 Å². The summed E-state index contributed by atoms with van der Waals surface area (Å²) < 4.78 is 19.5. The minimum Gasteiger partial charge on any atom is -0.478 e. The summed E-state index contributed by atoms with van der Waals surface area (Å²) in [6.45, 7) is 0. The first-order valence-electron chi connectivity index (χ1n) is 7.35. The molecule has 0 aliphatic carbocycles. The van der Waals surface area contributed by atoms with Crippen LogP contribution in [0.25, 0.3) is 11.5 Å². The number of aromatic nitrogens is 1. The van der Waals surface area contributed by atoms with Crippen molar-refractivity contribution in [3.05, 3.63) is 71.4 Å². The molecule has 0 amide bonds. The number of benzene rings is 2. The van der Waals surface area contributed by atoms with Crippen molar-refractivity contribution >= 4 is 17.4 Å². The van der Waals surface area contributed by atoms with Crippen molar-refractivity contribution in [1.82, 2.24) is 4.98 Å². The standard InChI is InChI=1S/C18H14FN3O3/c1-21-15-9-10(17-22-6-7-25-17)2-5-13(15)16(20)12-4-3-11(18(23)24)8-14(12)19/h2-9,20-21H,1H3,(H,23,24). The number of rotatable bonds is 5. The second-order valence-corrected chi connectivity index (χ2v) is 5.22. The highest BCUT2D eigenvalue weighted by molar-refractivity contribution is 6.14. The topological polar surface area (TPSA) is 99.2 Å². The summed E-state index contributed by atoms with van der Waals surface area (Å²) >= 11 is 0. The molecule has 0 aliphatic rings. The third-order valence-corrected chi connectivity index (χ3v) is 3.72. The van der Waals surface area contributed by atoms with E-state index >= 15 is 0 Å². The van der Waals surface area contributed by atoms with E-state index in [0.717, 1.165) is 6.07 Å². The Hall–Kier alpha value is -3.48. The maximum atomic E-state index is 14.2. The third kappa shape index (κ3) is 3.12. The van der Waals surface area contributed by atoms with Crippen LogP contribution in [0.15, 0.2) is 53.3 Å². The highest BCUT2D eigenvalue weighted by Gasteiger charge is 2.17. The molecule has 0 atom stereocenters. The smallest absolute Gasteiger partial charge is 0.335 e. The number of hydrogen-bond acceptors (Lipinski definition) is 5. The van der Waals surface area contributed by atoms with E-state index in [0.29, 0.717) is 22.7 Å². The summed E-state index contributed by atoms with van der Waals surface area (Å²) in [7, 11) is 1.69. The minimum atomic E-state index is -1.22. The fraction of sp³-hybridized carbons (Fsp3) is 0.0556. The largest absolute Gasteiger partial charge is 0.478 e. The quantitative estimate of drug-likeness (QED) is 0.616. The van der Waals surface area contributed by atoms with E-state index in [-0.39, 0.29) is 16.8 Å². The number of nitrogens with zero attached hydrogens (tertiary/aromatic N) is 1. The molecule has 2 aromatic carbocycles.